The van der Waals surface area contributed by atoms with Gasteiger partial charge in [-0.15, -0.1) is 0 Å². The van der Waals surface area contributed by atoms with Gasteiger partial charge in [0.2, 0.25) is 12.3 Å². The summed E-state index contributed by atoms with van der Waals surface area (Å²) in [7, 11) is 0. The first-order chi connectivity index (χ1) is 18.0. The molecule has 0 aliphatic carbocycles. The van der Waals surface area contributed by atoms with Gasteiger partial charge in [-0.05, 0) is 18.6 Å². The molecule has 2 atom stereocenters. The molecular weight excluding hydrogens is 514 g/mol. The zero-order chi connectivity index (χ0) is 27.2. The fraction of sp³-hybridized carbons (Fsp3) is 0.462. The fourth-order valence-corrected chi connectivity index (χ4v) is 5.95. The molecule has 0 saturated carbocycles. The van der Waals surface area contributed by atoms with E-state index in [-0.39, 0.29) is 43.2 Å². The summed E-state index contributed by atoms with van der Waals surface area (Å²) in [4.78, 5) is 29.3. The summed E-state index contributed by atoms with van der Waals surface area (Å²) in [5.41, 5.74) is -2.10. The molecule has 204 valence electrons. The van der Waals surface area contributed by atoms with E-state index < -0.39 is 59.6 Å². The van der Waals surface area contributed by atoms with E-state index in [4.69, 9.17) is 0 Å². The smallest absolute Gasteiger partial charge is 0.267 e. The maximum absolute atomic E-state index is 15.3. The van der Waals surface area contributed by atoms with E-state index in [0.717, 1.165) is 29.2 Å². The quantitative estimate of drug-likeness (QED) is 0.469. The van der Waals surface area contributed by atoms with E-state index in [1.54, 1.807) is 0 Å². The van der Waals surface area contributed by atoms with Gasteiger partial charge in [0.15, 0.2) is 0 Å². The Labute approximate surface area is 215 Å². The van der Waals surface area contributed by atoms with Crippen molar-refractivity contribution in [2.45, 2.75) is 36.4 Å². The van der Waals surface area contributed by atoms with Gasteiger partial charge in [-0.25, -0.2) is 26.3 Å². The van der Waals surface area contributed by atoms with Crippen LogP contribution in [0.2, 0.25) is 0 Å². The van der Waals surface area contributed by atoms with E-state index in [0.29, 0.717) is 31.6 Å². The number of rotatable bonds is 5. The van der Waals surface area contributed by atoms with Gasteiger partial charge in [-0.1, -0.05) is 12.1 Å². The number of nitrogens with zero attached hydrogens (tertiary/aromatic N) is 3. The van der Waals surface area contributed by atoms with Crippen LogP contribution in [0.5, 0.6) is 0 Å². The van der Waals surface area contributed by atoms with Crippen molar-refractivity contribution >= 4 is 12.3 Å². The van der Waals surface area contributed by atoms with Crippen LogP contribution in [0.25, 0.3) is 0 Å². The number of halogens is 6. The summed E-state index contributed by atoms with van der Waals surface area (Å²) in [5.74, 6) is -7.08. The van der Waals surface area contributed by atoms with Crippen molar-refractivity contribution in [3.05, 3.63) is 70.8 Å². The van der Waals surface area contributed by atoms with Gasteiger partial charge in [0, 0.05) is 68.4 Å². The average molecular weight is 541 g/mol. The van der Waals surface area contributed by atoms with Crippen LogP contribution in [0.15, 0.2) is 36.4 Å². The summed E-state index contributed by atoms with van der Waals surface area (Å²) in [6, 6.07) is 4.52. The summed E-state index contributed by atoms with van der Waals surface area (Å²) < 4.78 is 85.5. The number of amides is 2. The van der Waals surface area contributed by atoms with Gasteiger partial charge in [-0.2, -0.15) is 0 Å². The molecule has 3 aliphatic rings. The Balaban J connectivity index is 1.48. The molecule has 6 nitrogen and oxygen atoms in total. The van der Waals surface area contributed by atoms with Crippen LogP contribution in [-0.2, 0) is 15.1 Å². The van der Waals surface area contributed by atoms with Crippen molar-refractivity contribution in [2.75, 3.05) is 39.3 Å². The molecule has 0 unspecified atom stereocenters. The van der Waals surface area contributed by atoms with Crippen molar-refractivity contribution < 1.29 is 35.9 Å². The SMILES string of the molecule is O=CN1CCN([C@@H]2CN[C@H](C(=O)N3CCC(F)(F)C3)C2)CC1(c1ccc(F)cc1F)c1ccc(F)cc1F. The van der Waals surface area contributed by atoms with Gasteiger partial charge in [0.25, 0.3) is 5.92 Å². The number of alkyl halides is 2. The second kappa shape index (κ2) is 9.88. The molecule has 38 heavy (non-hydrogen) atoms. The summed E-state index contributed by atoms with van der Waals surface area (Å²) in [6.45, 7) is -0.180. The molecule has 0 radical (unpaired) electrons. The first-order valence-corrected chi connectivity index (χ1v) is 12.3. The predicted octanol–water partition coefficient (Wildman–Crippen LogP) is 2.86. The van der Waals surface area contributed by atoms with Crippen LogP contribution in [0.1, 0.15) is 24.0 Å². The van der Waals surface area contributed by atoms with Gasteiger partial charge in [-0.3, -0.25) is 14.5 Å². The Hall–Kier alpha value is -3.12. The van der Waals surface area contributed by atoms with Crippen LogP contribution >= 0.6 is 0 Å². The van der Waals surface area contributed by atoms with Gasteiger partial charge >= 0.3 is 0 Å². The van der Waals surface area contributed by atoms with Crippen LogP contribution < -0.4 is 5.32 Å². The topological polar surface area (TPSA) is 55.9 Å². The lowest BCUT2D eigenvalue weighted by atomic mass is 9.78. The number of hydrogen-bond acceptors (Lipinski definition) is 4. The standard InChI is InChI=1S/C26H26F6N4O2/c27-16-1-3-19(21(29)9-16)26(20-4-2-17(28)10-22(20)30)14-34(7-8-36(26)15-37)18-11-23(33-12-18)24(38)35-6-5-25(31,32)13-35/h1-4,9-10,15,18,23,33H,5-8,11-14H2/t18-,23-/m0/s1. The van der Waals surface area contributed by atoms with Crippen molar-refractivity contribution in [3.63, 3.8) is 0 Å². The summed E-state index contributed by atoms with van der Waals surface area (Å²) in [5, 5.41) is 3.07. The van der Waals surface area contributed by atoms with E-state index in [1.807, 2.05) is 4.90 Å². The Morgan fingerprint density at radius 1 is 0.921 bits per heavy atom. The number of nitrogens with one attached hydrogen (secondary N) is 1. The molecule has 0 bridgehead atoms. The number of carbonyl (C=O) groups excluding carboxylic acids is 2. The Morgan fingerprint density at radius 3 is 2.08 bits per heavy atom. The second-order valence-corrected chi connectivity index (χ2v) is 10.1. The van der Waals surface area contributed by atoms with Crippen LogP contribution in [0, 0.1) is 23.3 Å². The maximum Gasteiger partial charge on any atom is 0.267 e. The molecule has 3 aliphatic heterocycles. The number of carbonyl (C=O) groups is 2. The molecule has 3 fully saturated rings. The van der Waals surface area contributed by atoms with E-state index >= 15 is 8.78 Å². The zero-order valence-electron chi connectivity index (χ0n) is 20.3. The molecule has 5 rings (SSSR count). The number of benzene rings is 2. The third-order valence-electron chi connectivity index (χ3n) is 7.83. The second-order valence-electron chi connectivity index (χ2n) is 10.1. The van der Waals surface area contributed by atoms with E-state index in [1.165, 1.54) is 4.90 Å². The Bertz CT molecular complexity index is 1190. The van der Waals surface area contributed by atoms with Crippen LogP contribution in [0.4, 0.5) is 26.3 Å². The molecule has 2 aromatic rings. The minimum absolute atomic E-state index is 0.0323. The fourth-order valence-electron chi connectivity index (χ4n) is 5.95. The van der Waals surface area contributed by atoms with Crippen molar-refractivity contribution in [3.8, 4) is 0 Å². The highest BCUT2D eigenvalue weighted by Gasteiger charge is 2.50. The maximum atomic E-state index is 15.3. The van der Waals surface area contributed by atoms with Crippen LogP contribution in [-0.4, -0.2) is 84.3 Å². The van der Waals surface area contributed by atoms with Gasteiger partial charge in [0.1, 0.15) is 28.8 Å². The van der Waals surface area contributed by atoms with Gasteiger partial charge < -0.3 is 15.1 Å². The summed E-state index contributed by atoms with van der Waals surface area (Å²) in [6.07, 6.45) is 0.323. The first kappa shape index (κ1) is 26.5. The molecule has 0 aromatic heterocycles. The molecule has 2 aromatic carbocycles. The first-order valence-electron chi connectivity index (χ1n) is 12.3. The molecule has 0 spiro atoms. The number of piperazine rings is 1. The molecule has 12 heteroatoms. The number of likely N-dealkylation sites (tertiary alicyclic amines) is 1. The van der Waals surface area contributed by atoms with Crippen molar-refractivity contribution in [1.82, 2.24) is 20.0 Å². The largest absolute Gasteiger partial charge is 0.335 e. The monoisotopic (exact) mass is 540 g/mol. The van der Waals surface area contributed by atoms with Crippen LogP contribution in [0.3, 0.4) is 0 Å². The highest BCUT2D eigenvalue weighted by molar-refractivity contribution is 5.82. The lowest BCUT2D eigenvalue weighted by Crippen LogP contribution is -2.63. The molecule has 3 saturated heterocycles. The predicted molar refractivity (Wildman–Crippen MR) is 124 cm³/mol. The number of hydrogen-bond donors (Lipinski definition) is 1. The minimum atomic E-state index is -2.92. The zero-order valence-corrected chi connectivity index (χ0v) is 20.3. The highest BCUT2D eigenvalue weighted by atomic mass is 19.3. The minimum Gasteiger partial charge on any atom is -0.335 e. The van der Waals surface area contributed by atoms with Crippen molar-refractivity contribution in [1.29, 1.82) is 0 Å². The van der Waals surface area contributed by atoms with E-state index in [2.05, 4.69) is 5.32 Å². The van der Waals surface area contributed by atoms with E-state index in [9.17, 15) is 27.2 Å². The summed E-state index contributed by atoms with van der Waals surface area (Å²) >= 11 is 0. The molecular formula is C26H26F6N4O2. The Morgan fingerprint density at radius 2 is 1.55 bits per heavy atom. The lowest BCUT2D eigenvalue weighted by molar-refractivity contribution is -0.133. The normalized spacial score (nSPS) is 25.1. The molecule has 2 amide bonds. The third-order valence-corrected chi connectivity index (χ3v) is 7.83. The van der Waals surface area contributed by atoms with Crippen molar-refractivity contribution in [2.24, 2.45) is 0 Å². The average Bonchev–Trinajstić information content (AvgIpc) is 3.50. The Kier molecular flexibility index (Phi) is 6.89. The molecule has 1 N–H and O–H groups in total. The molecule has 3 heterocycles. The lowest BCUT2D eigenvalue weighted by Gasteiger charge is -2.51. The highest BCUT2D eigenvalue weighted by Crippen LogP contribution is 2.42. The van der Waals surface area contributed by atoms with Gasteiger partial charge in [0.05, 0.1) is 12.6 Å². The third kappa shape index (κ3) is 4.64.